The van der Waals surface area contributed by atoms with Crippen LogP contribution in [0.15, 0.2) is 29.6 Å². The van der Waals surface area contributed by atoms with Crippen LogP contribution in [0.4, 0.5) is 5.13 Å². The van der Waals surface area contributed by atoms with Crippen molar-refractivity contribution >= 4 is 43.9 Å². The van der Waals surface area contributed by atoms with Gasteiger partial charge in [-0.05, 0) is 36.4 Å². The number of thiophene rings is 1. The molecule has 2 aromatic heterocycles. The molecule has 0 spiro atoms. The zero-order valence-corrected chi connectivity index (χ0v) is 17.3. The van der Waals surface area contributed by atoms with Gasteiger partial charge in [-0.2, -0.15) is 0 Å². The van der Waals surface area contributed by atoms with Gasteiger partial charge < -0.3 is 9.64 Å². The Labute approximate surface area is 167 Å². The van der Waals surface area contributed by atoms with Gasteiger partial charge >= 0.3 is 0 Å². The van der Waals surface area contributed by atoms with E-state index >= 15 is 0 Å². The average Bonchev–Trinajstić information content (AvgIpc) is 3.36. The van der Waals surface area contributed by atoms with E-state index in [2.05, 4.69) is 26.0 Å². The number of aromatic nitrogens is 1. The van der Waals surface area contributed by atoms with E-state index in [9.17, 15) is 4.79 Å². The molecule has 0 saturated carbocycles. The number of thiazole rings is 1. The Bertz CT molecular complexity index is 891. The fourth-order valence-corrected chi connectivity index (χ4v) is 5.17. The lowest BCUT2D eigenvalue weighted by Crippen LogP contribution is -3.14. The molecule has 3 aromatic rings. The maximum absolute atomic E-state index is 13.2. The van der Waals surface area contributed by atoms with Crippen LogP contribution in [0, 0.1) is 13.8 Å². The number of rotatable bonds is 5. The number of fused-ring (bicyclic) bond motifs is 1. The molecule has 1 fully saturated rings. The standard InChI is InChI=1S/C20H23N3O2S2/c1-14-5-6-15(2)18-17(14)21-20(27-18)23(19(24)16-4-3-13-26-16)8-7-22-9-11-25-12-10-22/h3-6,13H,7-12H2,1-2H3/p+1. The monoisotopic (exact) mass is 402 g/mol. The first-order valence-corrected chi connectivity index (χ1v) is 11.0. The number of hydrogen-bond acceptors (Lipinski definition) is 5. The van der Waals surface area contributed by atoms with Crippen molar-refractivity contribution in [2.45, 2.75) is 13.8 Å². The van der Waals surface area contributed by atoms with Gasteiger partial charge in [-0.15, -0.1) is 11.3 Å². The van der Waals surface area contributed by atoms with Crippen LogP contribution in [0.1, 0.15) is 20.8 Å². The van der Waals surface area contributed by atoms with E-state index in [1.807, 2.05) is 22.4 Å². The second-order valence-electron chi connectivity index (χ2n) is 6.92. The first-order valence-electron chi connectivity index (χ1n) is 9.27. The molecule has 1 aliphatic heterocycles. The van der Waals surface area contributed by atoms with E-state index in [1.54, 1.807) is 11.3 Å². The lowest BCUT2D eigenvalue weighted by molar-refractivity contribution is -0.906. The number of anilines is 1. The molecule has 1 N–H and O–H groups in total. The van der Waals surface area contributed by atoms with Gasteiger partial charge in [0.05, 0.1) is 41.4 Å². The number of benzene rings is 1. The zero-order valence-electron chi connectivity index (χ0n) is 15.7. The maximum atomic E-state index is 13.2. The minimum Gasteiger partial charge on any atom is -0.370 e. The third-order valence-electron chi connectivity index (χ3n) is 5.03. The predicted octanol–water partition coefficient (Wildman–Crippen LogP) is 2.54. The first-order chi connectivity index (χ1) is 13.1. The largest absolute Gasteiger partial charge is 0.370 e. The van der Waals surface area contributed by atoms with Gasteiger partial charge in [0.1, 0.15) is 13.1 Å². The molecule has 1 aliphatic rings. The molecular weight excluding hydrogens is 378 g/mol. The molecule has 3 heterocycles. The number of nitrogens with one attached hydrogen (secondary N) is 1. The number of carbonyl (C=O) groups is 1. The highest BCUT2D eigenvalue weighted by atomic mass is 32.1. The minimum absolute atomic E-state index is 0.0482. The lowest BCUT2D eigenvalue weighted by atomic mass is 10.1. The van der Waals surface area contributed by atoms with Crippen LogP contribution in [0.5, 0.6) is 0 Å². The minimum atomic E-state index is 0.0482. The van der Waals surface area contributed by atoms with Crippen molar-refractivity contribution in [3.63, 3.8) is 0 Å². The molecule has 5 nitrogen and oxygen atoms in total. The quantitative estimate of drug-likeness (QED) is 0.713. The van der Waals surface area contributed by atoms with E-state index in [0.717, 1.165) is 53.9 Å². The highest BCUT2D eigenvalue weighted by Crippen LogP contribution is 2.33. The van der Waals surface area contributed by atoms with Crippen molar-refractivity contribution in [3.05, 3.63) is 45.6 Å². The second kappa shape index (κ2) is 8.06. The summed E-state index contributed by atoms with van der Waals surface area (Å²) in [7, 11) is 0. The third-order valence-corrected chi connectivity index (χ3v) is 7.10. The maximum Gasteiger partial charge on any atom is 0.270 e. The molecule has 1 saturated heterocycles. The Morgan fingerprint density at radius 3 is 2.70 bits per heavy atom. The van der Waals surface area contributed by atoms with Gasteiger partial charge in [0.2, 0.25) is 0 Å². The SMILES string of the molecule is Cc1ccc(C)c2sc(N(CC[NH+]3CCOCC3)C(=O)c3cccs3)nc12. The van der Waals surface area contributed by atoms with Gasteiger partial charge in [-0.25, -0.2) is 4.98 Å². The summed E-state index contributed by atoms with van der Waals surface area (Å²) in [4.78, 5) is 22.2. The number of carbonyl (C=O) groups excluding carboxylic acids is 1. The predicted molar refractivity (Wildman–Crippen MR) is 111 cm³/mol. The Morgan fingerprint density at radius 2 is 2.00 bits per heavy atom. The van der Waals surface area contributed by atoms with Crippen LogP contribution in [0.25, 0.3) is 10.2 Å². The van der Waals surface area contributed by atoms with Crippen LogP contribution >= 0.6 is 22.7 Å². The Morgan fingerprint density at radius 1 is 1.22 bits per heavy atom. The Balaban J connectivity index is 1.65. The van der Waals surface area contributed by atoms with Gasteiger partial charge in [0.25, 0.3) is 5.91 Å². The number of morpholine rings is 1. The van der Waals surface area contributed by atoms with E-state index in [0.29, 0.717) is 6.54 Å². The summed E-state index contributed by atoms with van der Waals surface area (Å²) in [5.74, 6) is 0.0482. The normalized spacial score (nSPS) is 15.3. The molecule has 0 bridgehead atoms. The molecule has 7 heteroatoms. The Kier molecular flexibility index (Phi) is 5.54. The molecule has 27 heavy (non-hydrogen) atoms. The van der Waals surface area contributed by atoms with Gasteiger partial charge in [0, 0.05) is 0 Å². The summed E-state index contributed by atoms with van der Waals surface area (Å²) in [6.07, 6.45) is 0. The topological polar surface area (TPSA) is 46.9 Å². The summed E-state index contributed by atoms with van der Waals surface area (Å²) >= 11 is 3.11. The summed E-state index contributed by atoms with van der Waals surface area (Å²) in [5, 5.41) is 2.75. The number of nitrogens with zero attached hydrogens (tertiary/aromatic N) is 2. The summed E-state index contributed by atoms with van der Waals surface area (Å²) < 4.78 is 6.63. The third kappa shape index (κ3) is 3.91. The summed E-state index contributed by atoms with van der Waals surface area (Å²) in [5.41, 5.74) is 3.37. The number of hydrogen-bond donors (Lipinski definition) is 1. The molecular formula is C20H24N3O2S2+. The van der Waals surface area contributed by atoms with Crippen LogP contribution in [-0.2, 0) is 4.74 Å². The Hall–Kier alpha value is -1.80. The van der Waals surface area contributed by atoms with Crippen molar-refractivity contribution in [2.75, 3.05) is 44.3 Å². The smallest absolute Gasteiger partial charge is 0.270 e. The van der Waals surface area contributed by atoms with E-state index in [1.165, 1.54) is 26.5 Å². The highest BCUT2D eigenvalue weighted by Gasteiger charge is 2.25. The molecule has 0 aliphatic carbocycles. The average molecular weight is 403 g/mol. The molecule has 0 atom stereocenters. The second-order valence-corrected chi connectivity index (χ2v) is 8.85. The number of amides is 1. The van der Waals surface area contributed by atoms with Crippen molar-refractivity contribution < 1.29 is 14.4 Å². The van der Waals surface area contributed by atoms with Crippen molar-refractivity contribution in [1.82, 2.24) is 4.98 Å². The number of ether oxygens (including phenoxy) is 1. The molecule has 0 radical (unpaired) electrons. The van der Waals surface area contributed by atoms with Crippen molar-refractivity contribution in [1.29, 1.82) is 0 Å². The summed E-state index contributed by atoms with van der Waals surface area (Å²) in [6, 6.07) is 8.05. The molecule has 1 amide bonds. The molecule has 0 unspecified atom stereocenters. The first kappa shape index (κ1) is 18.6. The highest BCUT2D eigenvalue weighted by molar-refractivity contribution is 7.22. The van der Waals surface area contributed by atoms with Crippen molar-refractivity contribution in [3.8, 4) is 0 Å². The fourth-order valence-electron chi connectivity index (χ4n) is 3.36. The van der Waals surface area contributed by atoms with Gasteiger partial charge in [0.15, 0.2) is 5.13 Å². The zero-order chi connectivity index (χ0) is 18.8. The van der Waals surface area contributed by atoms with Crippen LogP contribution < -0.4 is 9.80 Å². The molecule has 4 rings (SSSR count). The van der Waals surface area contributed by atoms with Crippen LogP contribution in [0.2, 0.25) is 0 Å². The van der Waals surface area contributed by atoms with Crippen LogP contribution in [-0.4, -0.2) is 50.3 Å². The van der Waals surface area contributed by atoms with Gasteiger partial charge in [-0.1, -0.05) is 29.5 Å². The summed E-state index contributed by atoms with van der Waals surface area (Å²) in [6.45, 7) is 9.36. The van der Waals surface area contributed by atoms with E-state index in [-0.39, 0.29) is 5.91 Å². The van der Waals surface area contributed by atoms with Crippen molar-refractivity contribution in [2.24, 2.45) is 0 Å². The number of quaternary nitrogens is 1. The molecule has 1 aromatic carbocycles. The van der Waals surface area contributed by atoms with Crippen LogP contribution in [0.3, 0.4) is 0 Å². The van der Waals surface area contributed by atoms with Gasteiger partial charge in [-0.3, -0.25) is 9.69 Å². The molecule has 142 valence electrons. The number of aryl methyl sites for hydroxylation is 2. The van der Waals surface area contributed by atoms with E-state index < -0.39 is 0 Å². The fraction of sp³-hybridized carbons (Fsp3) is 0.400. The lowest BCUT2D eigenvalue weighted by Gasteiger charge is -2.26. The van der Waals surface area contributed by atoms with E-state index in [4.69, 9.17) is 9.72 Å².